The number of rotatable bonds is 4. The smallest absolute Gasteiger partial charge is 0.244 e. The van der Waals surface area contributed by atoms with Crippen molar-refractivity contribution < 1.29 is 14.0 Å². The van der Waals surface area contributed by atoms with Crippen molar-refractivity contribution in [3.05, 3.63) is 35.6 Å². The van der Waals surface area contributed by atoms with Gasteiger partial charge in [-0.1, -0.05) is 18.2 Å². The Bertz CT molecular complexity index is 674. The first-order valence-electron chi connectivity index (χ1n) is 9.67. The summed E-state index contributed by atoms with van der Waals surface area (Å²) in [4.78, 5) is 30.6. The van der Waals surface area contributed by atoms with Crippen LogP contribution in [0.25, 0.3) is 0 Å². The van der Waals surface area contributed by atoms with E-state index in [2.05, 4.69) is 10.2 Å². The SMILES string of the molecule is CN(C)[C@H](C(=O)N1CCC(N2CCNC(=O)CC2)CC1)c1ccccc1F. The number of piperidine rings is 1. The second kappa shape index (κ2) is 8.80. The van der Waals surface area contributed by atoms with E-state index in [0.29, 0.717) is 37.7 Å². The van der Waals surface area contributed by atoms with Gasteiger partial charge in [-0.2, -0.15) is 0 Å². The van der Waals surface area contributed by atoms with Gasteiger partial charge in [0.2, 0.25) is 11.8 Å². The topological polar surface area (TPSA) is 55.9 Å². The number of carbonyl (C=O) groups excluding carboxylic acids is 2. The molecule has 148 valence electrons. The lowest BCUT2D eigenvalue weighted by molar-refractivity contribution is -0.138. The molecular weight excluding hydrogens is 347 g/mol. The molecule has 1 atom stereocenters. The predicted molar refractivity (Wildman–Crippen MR) is 102 cm³/mol. The van der Waals surface area contributed by atoms with E-state index in [1.165, 1.54) is 6.07 Å². The number of nitrogens with zero attached hydrogens (tertiary/aromatic N) is 3. The number of likely N-dealkylation sites (tertiary alicyclic amines) is 1. The highest BCUT2D eigenvalue weighted by molar-refractivity contribution is 5.83. The third kappa shape index (κ3) is 4.65. The Morgan fingerprint density at radius 1 is 1.19 bits per heavy atom. The molecule has 0 radical (unpaired) electrons. The van der Waals surface area contributed by atoms with Crippen molar-refractivity contribution in [3.63, 3.8) is 0 Å². The molecule has 2 fully saturated rings. The lowest BCUT2D eigenvalue weighted by atomic mass is 9.99. The minimum Gasteiger partial charge on any atom is -0.355 e. The Kier molecular flexibility index (Phi) is 6.44. The molecule has 0 bridgehead atoms. The number of likely N-dealkylation sites (N-methyl/N-ethyl adjacent to an activating group) is 1. The molecule has 2 heterocycles. The van der Waals surface area contributed by atoms with E-state index in [1.807, 2.05) is 19.0 Å². The summed E-state index contributed by atoms with van der Waals surface area (Å²) < 4.78 is 14.3. The van der Waals surface area contributed by atoms with E-state index in [9.17, 15) is 14.0 Å². The van der Waals surface area contributed by atoms with Crippen molar-refractivity contribution in [1.82, 2.24) is 20.0 Å². The molecule has 1 aromatic carbocycles. The highest BCUT2D eigenvalue weighted by atomic mass is 19.1. The minimum absolute atomic E-state index is 0.0451. The molecule has 0 unspecified atom stereocenters. The van der Waals surface area contributed by atoms with Crippen molar-refractivity contribution in [2.24, 2.45) is 0 Å². The predicted octanol–water partition coefficient (Wildman–Crippen LogP) is 1.24. The van der Waals surface area contributed by atoms with Crippen LogP contribution < -0.4 is 5.32 Å². The van der Waals surface area contributed by atoms with Gasteiger partial charge in [0.15, 0.2) is 0 Å². The normalized spacial score (nSPS) is 21.0. The summed E-state index contributed by atoms with van der Waals surface area (Å²) in [6.07, 6.45) is 2.31. The monoisotopic (exact) mass is 376 g/mol. The first kappa shape index (κ1) is 19.8. The maximum atomic E-state index is 14.3. The average Bonchev–Trinajstić information content (AvgIpc) is 2.88. The van der Waals surface area contributed by atoms with Gasteiger partial charge in [-0.25, -0.2) is 4.39 Å². The molecule has 0 spiro atoms. The quantitative estimate of drug-likeness (QED) is 0.859. The first-order chi connectivity index (χ1) is 13.0. The summed E-state index contributed by atoms with van der Waals surface area (Å²) >= 11 is 0. The Labute approximate surface area is 160 Å². The molecule has 2 aliphatic heterocycles. The average molecular weight is 376 g/mol. The number of hydrogen-bond acceptors (Lipinski definition) is 4. The second-order valence-corrected chi connectivity index (χ2v) is 7.58. The van der Waals surface area contributed by atoms with Gasteiger partial charge in [-0.05, 0) is 33.0 Å². The van der Waals surface area contributed by atoms with Gasteiger partial charge < -0.3 is 10.2 Å². The number of amides is 2. The summed E-state index contributed by atoms with van der Waals surface area (Å²) in [5.74, 6) is -0.277. The molecule has 3 rings (SSSR count). The van der Waals surface area contributed by atoms with Gasteiger partial charge in [-0.15, -0.1) is 0 Å². The zero-order valence-corrected chi connectivity index (χ0v) is 16.2. The molecule has 0 saturated carbocycles. The van der Waals surface area contributed by atoms with Gasteiger partial charge in [0, 0.05) is 50.7 Å². The van der Waals surface area contributed by atoms with E-state index >= 15 is 0 Å². The molecule has 1 N–H and O–H groups in total. The molecular formula is C20H29FN4O2. The summed E-state index contributed by atoms with van der Waals surface area (Å²) in [5.41, 5.74) is 0.423. The molecule has 27 heavy (non-hydrogen) atoms. The van der Waals surface area contributed by atoms with Crippen molar-refractivity contribution in [1.29, 1.82) is 0 Å². The van der Waals surface area contributed by atoms with Crippen LogP contribution in [0.5, 0.6) is 0 Å². The van der Waals surface area contributed by atoms with Crippen LogP contribution in [0.15, 0.2) is 24.3 Å². The van der Waals surface area contributed by atoms with Crippen LogP contribution >= 0.6 is 0 Å². The molecule has 7 heteroatoms. The number of hydrogen-bond donors (Lipinski definition) is 1. The highest BCUT2D eigenvalue weighted by Crippen LogP contribution is 2.26. The number of halogens is 1. The van der Waals surface area contributed by atoms with E-state index in [4.69, 9.17) is 0 Å². The minimum atomic E-state index is -0.609. The van der Waals surface area contributed by atoms with E-state index < -0.39 is 6.04 Å². The third-order valence-electron chi connectivity index (χ3n) is 5.59. The first-order valence-corrected chi connectivity index (χ1v) is 9.67. The number of benzene rings is 1. The summed E-state index contributed by atoms with van der Waals surface area (Å²) in [7, 11) is 3.62. The number of nitrogens with one attached hydrogen (secondary N) is 1. The van der Waals surface area contributed by atoms with Gasteiger partial charge in [-0.3, -0.25) is 19.4 Å². The van der Waals surface area contributed by atoms with E-state index in [0.717, 1.165) is 25.9 Å². The van der Waals surface area contributed by atoms with Gasteiger partial charge in [0.1, 0.15) is 11.9 Å². The lowest BCUT2D eigenvalue weighted by Crippen LogP contribution is -2.50. The lowest BCUT2D eigenvalue weighted by Gasteiger charge is -2.39. The molecule has 6 nitrogen and oxygen atoms in total. The zero-order chi connectivity index (χ0) is 19.4. The van der Waals surface area contributed by atoms with Crippen LogP contribution in [-0.4, -0.2) is 79.4 Å². The Morgan fingerprint density at radius 2 is 1.89 bits per heavy atom. The Balaban J connectivity index is 1.63. The van der Waals surface area contributed by atoms with Gasteiger partial charge in [0.05, 0.1) is 0 Å². The van der Waals surface area contributed by atoms with Crippen molar-refractivity contribution in [2.45, 2.75) is 31.3 Å². The Hall–Kier alpha value is -1.99. The van der Waals surface area contributed by atoms with E-state index in [1.54, 1.807) is 23.1 Å². The van der Waals surface area contributed by atoms with Crippen molar-refractivity contribution in [3.8, 4) is 0 Å². The fourth-order valence-corrected chi connectivity index (χ4v) is 4.10. The molecule has 2 saturated heterocycles. The summed E-state index contributed by atoms with van der Waals surface area (Å²) in [6.45, 7) is 3.66. The highest BCUT2D eigenvalue weighted by Gasteiger charge is 2.33. The van der Waals surface area contributed by atoms with Crippen LogP contribution in [0.3, 0.4) is 0 Å². The standard InChI is InChI=1S/C20H29FN4O2/c1-23(2)19(16-5-3-4-6-17(16)21)20(27)25-11-7-15(8-12-25)24-13-9-18(26)22-10-14-24/h3-6,15,19H,7-14H2,1-2H3,(H,22,26)/t19-/m0/s1. The van der Waals surface area contributed by atoms with Crippen LogP contribution in [0.4, 0.5) is 4.39 Å². The van der Waals surface area contributed by atoms with Crippen LogP contribution in [0.2, 0.25) is 0 Å². The fourth-order valence-electron chi connectivity index (χ4n) is 4.10. The van der Waals surface area contributed by atoms with Crippen LogP contribution in [0, 0.1) is 5.82 Å². The fraction of sp³-hybridized carbons (Fsp3) is 0.600. The maximum absolute atomic E-state index is 14.3. The summed E-state index contributed by atoms with van der Waals surface area (Å²) in [5, 5.41) is 2.91. The Morgan fingerprint density at radius 3 is 2.56 bits per heavy atom. The molecule has 2 aliphatic rings. The largest absolute Gasteiger partial charge is 0.355 e. The molecule has 1 aromatic rings. The zero-order valence-electron chi connectivity index (χ0n) is 16.2. The second-order valence-electron chi connectivity index (χ2n) is 7.58. The van der Waals surface area contributed by atoms with Crippen LogP contribution in [0.1, 0.15) is 30.9 Å². The van der Waals surface area contributed by atoms with Crippen molar-refractivity contribution in [2.75, 3.05) is 46.8 Å². The number of carbonyl (C=O) groups is 2. The van der Waals surface area contributed by atoms with Crippen molar-refractivity contribution >= 4 is 11.8 Å². The summed E-state index contributed by atoms with van der Waals surface area (Å²) in [6, 6.07) is 6.29. The molecule has 2 amide bonds. The van der Waals surface area contributed by atoms with Crippen LogP contribution in [-0.2, 0) is 9.59 Å². The molecule has 0 aliphatic carbocycles. The van der Waals surface area contributed by atoms with Gasteiger partial charge in [0.25, 0.3) is 0 Å². The molecule has 0 aromatic heterocycles. The third-order valence-corrected chi connectivity index (χ3v) is 5.59. The maximum Gasteiger partial charge on any atom is 0.244 e. The van der Waals surface area contributed by atoms with E-state index in [-0.39, 0.29) is 17.6 Å². The van der Waals surface area contributed by atoms with Gasteiger partial charge >= 0.3 is 0 Å².